The van der Waals surface area contributed by atoms with E-state index in [-0.39, 0.29) is 23.1 Å². The number of amides is 2. The number of furan rings is 1. The van der Waals surface area contributed by atoms with Crippen LogP contribution in [0.3, 0.4) is 0 Å². The molecule has 1 unspecified atom stereocenters. The molecular formula is C15H20ClN3O3. The fourth-order valence-electron chi connectivity index (χ4n) is 2.64. The third-order valence-corrected chi connectivity index (χ3v) is 4.59. The van der Waals surface area contributed by atoms with Gasteiger partial charge in [0.1, 0.15) is 0 Å². The van der Waals surface area contributed by atoms with Crippen molar-refractivity contribution in [3.8, 4) is 0 Å². The Morgan fingerprint density at radius 3 is 2.55 bits per heavy atom. The van der Waals surface area contributed by atoms with Crippen LogP contribution in [-0.2, 0) is 4.79 Å². The molecular weight excluding hydrogens is 306 g/mol. The molecule has 2 aliphatic rings. The van der Waals surface area contributed by atoms with E-state index in [1.54, 1.807) is 11.0 Å². The minimum absolute atomic E-state index is 0.0835. The maximum absolute atomic E-state index is 12.3. The van der Waals surface area contributed by atoms with Crippen molar-refractivity contribution in [2.75, 3.05) is 26.2 Å². The minimum atomic E-state index is -0.157. The molecule has 7 heteroatoms. The zero-order valence-corrected chi connectivity index (χ0v) is 13.3. The largest absolute Gasteiger partial charge is 0.452 e. The van der Waals surface area contributed by atoms with Crippen molar-refractivity contribution >= 4 is 23.4 Å². The molecule has 120 valence electrons. The molecule has 0 radical (unpaired) electrons. The van der Waals surface area contributed by atoms with Gasteiger partial charge in [-0.3, -0.25) is 14.5 Å². The van der Waals surface area contributed by atoms with Crippen LogP contribution in [0.4, 0.5) is 0 Å². The lowest BCUT2D eigenvalue weighted by atomic mass is 10.2. The van der Waals surface area contributed by atoms with E-state index in [0.29, 0.717) is 37.8 Å². The number of rotatable bonds is 4. The Hall–Kier alpha value is -1.53. The SMILES string of the molecule is CC(C(=O)NC1CC1)N1CCN(C(=O)c2ccoc2Cl)CC1. The molecule has 0 aromatic carbocycles. The van der Waals surface area contributed by atoms with Crippen LogP contribution in [0, 0.1) is 0 Å². The van der Waals surface area contributed by atoms with E-state index >= 15 is 0 Å². The van der Waals surface area contributed by atoms with E-state index in [1.807, 2.05) is 6.92 Å². The third kappa shape index (κ3) is 3.28. The molecule has 1 aromatic rings. The summed E-state index contributed by atoms with van der Waals surface area (Å²) < 4.78 is 4.96. The fourth-order valence-corrected chi connectivity index (χ4v) is 2.84. The molecule has 0 spiro atoms. The van der Waals surface area contributed by atoms with E-state index in [4.69, 9.17) is 16.0 Å². The molecule has 1 aliphatic carbocycles. The van der Waals surface area contributed by atoms with Crippen LogP contribution in [0.15, 0.2) is 16.7 Å². The molecule has 2 fully saturated rings. The van der Waals surface area contributed by atoms with E-state index < -0.39 is 0 Å². The van der Waals surface area contributed by atoms with Gasteiger partial charge >= 0.3 is 0 Å². The molecule has 2 amide bonds. The molecule has 1 aliphatic heterocycles. The molecule has 6 nitrogen and oxygen atoms in total. The van der Waals surface area contributed by atoms with Gasteiger partial charge in [0, 0.05) is 32.2 Å². The Kier molecular flexibility index (Phi) is 4.40. The van der Waals surface area contributed by atoms with Crippen molar-refractivity contribution in [3.63, 3.8) is 0 Å². The quantitative estimate of drug-likeness (QED) is 0.907. The summed E-state index contributed by atoms with van der Waals surface area (Å²) in [6, 6.07) is 1.80. The highest BCUT2D eigenvalue weighted by molar-refractivity contribution is 6.32. The molecule has 2 heterocycles. The number of hydrogen-bond donors (Lipinski definition) is 1. The van der Waals surface area contributed by atoms with E-state index in [1.165, 1.54) is 6.26 Å². The number of halogens is 1. The highest BCUT2D eigenvalue weighted by atomic mass is 35.5. The molecule has 3 rings (SSSR count). The van der Waals surface area contributed by atoms with Crippen LogP contribution >= 0.6 is 11.6 Å². The summed E-state index contributed by atoms with van der Waals surface area (Å²) in [7, 11) is 0. The maximum Gasteiger partial charge on any atom is 0.258 e. The zero-order valence-electron chi connectivity index (χ0n) is 12.5. The van der Waals surface area contributed by atoms with Gasteiger partial charge in [0.25, 0.3) is 5.91 Å². The first kappa shape index (κ1) is 15.4. The van der Waals surface area contributed by atoms with Crippen molar-refractivity contribution in [1.29, 1.82) is 0 Å². The van der Waals surface area contributed by atoms with Gasteiger partial charge in [-0.05, 0) is 37.4 Å². The summed E-state index contributed by atoms with van der Waals surface area (Å²) in [5, 5.41) is 3.15. The van der Waals surface area contributed by atoms with E-state index in [9.17, 15) is 9.59 Å². The number of nitrogens with zero attached hydrogens (tertiary/aromatic N) is 2. The topological polar surface area (TPSA) is 65.8 Å². The lowest BCUT2D eigenvalue weighted by Crippen LogP contribution is -2.55. The second kappa shape index (κ2) is 6.30. The Morgan fingerprint density at radius 2 is 2.00 bits per heavy atom. The van der Waals surface area contributed by atoms with Crippen LogP contribution in [0.25, 0.3) is 0 Å². The maximum atomic E-state index is 12.3. The number of carbonyl (C=O) groups excluding carboxylic acids is 2. The van der Waals surface area contributed by atoms with Gasteiger partial charge < -0.3 is 14.6 Å². The highest BCUT2D eigenvalue weighted by Gasteiger charge is 2.31. The van der Waals surface area contributed by atoms with Gasteiger partial charge in [0.05, 0.1) is 17.9 Å². The van der Waals surface area contributed by atoms with Crippen LogP contribution in [0.1, 0.15) is 30.1 Å². The van der Waals surface area contributed by atoms with Crippen LogP contribution in [-0.4, -0.2) is 59.9 Å². The third-order valence-electron chi connectivity index (χ3n) is 4.30. The van der Waals surface area contributed by atoms with Crippen molar-refractivity contribution in [3.05, 3.63) is 23.1 Å². The standard InChI is InChI=1S/C15H20ClN3O3/c1-10(14(20)17-11-2-3-11)18-5-7-19(8-6-18)15(21)12-4-9-22-13(12)16/h4,9-11H,2-3,5-8H2,1H3,(H,17,20). The molecule has 1 atom stereocenters. The van der Waals surface area contributed by atoms with E-state index in [2.05, 4.69) is 10.2 Å². The average molecular weight is 326 g/mol. The van der Waals surface area contributed by atoms with Gasteiger partial charge in [-0.25, -0.2) is 0 Å². The first-order chi connectivity index (χ1) is 10.6. The molecule has 1 aromatic heterocycles. The number of carbonyl (C=O) groups is 2. The Morgan fingerprint density at radius 1 is 1.32 bits per heavy atom. The molecule has 0 bridgehead atoms. The Bertz CT molecular complexity index is 562. The summed E-state index contributed by atoms with van der Waals surface area (Å²) in [5.74, 6) is -0.0337. The monoisotopic (exact) mass is 325 g/mol. The average Bonchev–Trinajstić information content (AvgIpc) is 3.24. The Balaban J connectivity index is 1.52. The summed E-state index contributed by atoms with van der Waals surface area (Å²) in [6.45, 7) is 4.45. The number of piperazine rings is 1. The van der Waals surface area contributed by atoms with Crippen molar-refractivity contribution in [1.82, 2.24) is 15.1 Å². The molecule has 22 heavy (non-hydrogen) atoms. The smallest absolute Gasteiger partial charge is 0.258 e. The lowest BCUT2D eigenvalue weighted by molar-refractivity contribution is -0.126. The summed E-state index contributed by atoms with van der Waals surface area (Å²) >= 11 is 5.85. The summed E-state index contributed by atoms with van der Waals surface area (Å²) in [6.07, 6.45) is 3.59. The second-order valence-corrected chi connectivity index (χ2v) is 6.24. The molecule has 1 saturated heterocycles. The summed E-state index contributed by atoms with van der Waals surface area (Å²) in [4.78, 5) is 28.3. The molecule has 1 saturated carbocycles. The fraction of sp³-hybridized carbons (Fsp3) is 0.600. The van der Waals surface area contributed by atoms with E-state index in [0.717, 1.165) is 12.8 Å². The van der Waals surface area contributed by atoms with Crippen molar-refractivity contribution in [2.45, 2.75) is 31.8 Å². The Labute approximate surface area is 134 Å². The number of hydrogen-bond acceptors (Lipinski definition) is 4. The lowest BCUT2D eigenvalue weighted by Gasteiger charge is -2.37. The zero-order chi connectivity index (χ0) is 15.7. The van der Waals surface area contributed by atoms with Gasteiger partial charge in [-0.1, -0.05) is 0 Å². The van der Waals surface area contributed by atoms with Gasteiger partial charge in [-0.15, -0.1) is 0 Å². The highest BCUT2D eigenvalue weighted by Crippen LogP contribution is 2.21. The summed E-state index contributed by atoms with van der Waals surface area (Å²) in [5.41, 5.74) is 0.398. The van der Waals surface area contributed by atoms with Crippen LogP contribution < -0.4 is 5.32 Å². The number of nitrogens with one attached hydrogen (secondary N) is 1. The second-order valence-electron chi connectivity index (χ2n) is 5.89. The van der Waals surface area contributed by atoms with Crippen molar-refractivity contribution in [2.24, 2.45) is 0 Å². The van der Waals surface area contributed by atoms with Crippen molar-refractivity contribution < 1.29 is 14.0 Å². The minimum Gasteiger partial charge on any atom is -0.452 e. The first-order valence-corrected chi connectivity index (χ1v) is 8.00. The van der Waals surface area contributed by atoms with Crippen LogP contribution in [0.2, 0.25) is 5.22 Å². The van der Waals surface area contributed by atoms with Gasteiger partial charge in [-0.2, -0.15) is 0 Å². The normalized spacial score (nSPS) is 20.7. The first-order valence-electron chi connectivity index (χ1n) is 7.63. The van der Waals surface area contributed by atoms with Gasteiger partial charge in [0.2, 0.25) is 11.1 Å². The predicted octanol–water partition coefficient (Wildman–Crippen LogP) is 1.36. The van der Waals surface area contributed by atoms with Crippen LogP contribution in [0.5, 0.6) is 0 Å². The predicted molar refractivity (Wildman–Crippen MR) is 81.8 cm³/mol. The molecule has 1 N–H and O–H groups in total. The van der Waals surface area contributed by atoms with Gasteiger partial charge in [0.15, 0.2) is 0 Å².